The van der Waals surface area contributed by atoms with Gasteiger partial charge in [-0.25, -0.2) is 0 Å². The van der Waals surface area contributed by atoms with Gasteiger partial charge < -0.3 is 4.90 Å². The topological polar surface area (TPSA) is 38.1 Å². The van der Waals surface area contributed by atoms with E-state index in [2.05, 4.69) is 41.2 Å². The minimum absolute atomic E-state index is 0.108. The summed E-state index contributed by atoms with van der Waals surface area (Å²) in [5.74, 6) is 0.512. The van der Waals surface area contributed by atoms with Gasteiger partial charge in [0.2, 0.25) is 0 Å². The standard InChI is InChI=1S/C18H23N3O/c1-3-15(14-8-5-4-6-9-14)16-10-7-13-21(16)18(22)17-11-12-19-20(17)2/h4-6,8-9,11-12,15-16H,3,7,10,13H2,1-2H3. The van der Waals surface area contributed by atoms with Crippen LogP contribution in [-0.2, 0) is 7.05 Å². The second-order valence-electron chi connectivity index (χ2n) is 5.97. The molecule has 0 saturated carbocycles. The second-order valence-corrected chi connectivity index (χ2v) is 5.97. The summed E-state index contributed by atoms with van der Waals surface area (Å²) >= 11 is 0. The molecule has 2 heterocycles. The van der Waals surface area contributed by atoms with Crippen LogP contribution < -0.4 is 0 Å². The molecule has 1 amide bonds. The van der Waals surface area contributed by atoms with Gasteiger partial charge in [-0.2, -0.15) is 5.10 Å². The van der Waals surface area contributed by atoms with Crippen LogP contribution in [-0.4, -0.2) is 33.2 Å². The molecule has 4 heteroatoms. The molecule has 2 aromatic rings. The van der Waals surface area contributed by atoms with Crippen molar-refractivity contribution in [1.82, 2.24) is 14.7 Å². The van der Waals surface area contributed by atoms with Gasteiger partial charge in [0.05, 0.1) is 0 Å². The van der Waals surface area contributed by atoms with Crippen molar-refractivity contribution in [1.29, 1.82) is 0 Å². The van der Waals surface area contributed by atoms with Gasteiger partial charge in [-0.1, -0.05) is 37.3 Å². The van der Waals surface area contributed by atoms with Crippen LogP contribution in [0.15, 0.2) is 42.6 Å². The predicted molar refractivity (Wildman–Crippen MR) is 86.7 cm³/mol. The van der Waals surface area contributed by atoms with Crippen molar-refractivity contribution in [2.75, 3.05) is 6.54 Å². The van der Waals surface area contributed by atoms with Crippen molar-refractivity contribution in [3.63, 3.8) is 0 Å². The van der Waals surface area contributed by atoms with E-state index in [0.717, 1.165) is 25.8 Å². The van der Waals surface area contributed by atoms with Crippen LogP contribution in [0.3, 0.4) is 0 Å². The normalized spacial score (nSPS) is 19.4. The van der Waals surface area contributed by atoms with Crippen molar-refractivity contribution in [3.8, 4) is 0 Å². The summed E-state index contributed by atoms with van der Waals surface area (Å²) in [4.78, 5) is 14.9. The van der Waals surface area contributed by atoms with Crippen LogP contribution in [0.2, 0.25) is 0 Å². The highest BCUT2D eigenvalue weighted by Crippen LogP contribution is 2.34. The Morgan fingerprint density at radius 1 is 1.32 bits per heavy atom. The molecule has 22 heavy (non-hydrogen) atoms. The smallest absolute Gasteiger partial charge is 0.272 e. The number of rotatable bonds is 4. The van der Waals surface area contributed by atoms with Gasteiger partial charge in [0, 0.05) is 31.7 Å². The molecule has 1 aromatic carbocycles. The third kappa shape index (κ3) is 2.65. The van der Waals surface area contributed by atoms with Crippen LogP contribution in [0.1, 0.15) is 48.2 Å². The molecule has 0 bridgehead atoms. The molecular formula is C18H23N3O. The van der Waals surface area contributed by atoms with Gasteiger partial charge in [-0.3, -0.25) is 9.48 Å². The average Bonchev–Trinajstić information content (AvgIpc) is 3.18. The zero-order valence-electron chi connectivity index (χ0n) is 13.3. The highest BCUT2D eigenvalue weighted by molar-refractivity contribution is 5.93. The fraction of sp³-hybridized carbons (Fsp3) is 0.444. The van der Waals surface area contributed by atoms with Gasteiger partial charge >= 0.3 is 0 Å². The average molecular weight is 297 g/mol. The lowest BCUT2D eigenvalue weighted by Gasteiger charge is -2.31. The van der Waals surface area contributed by atoms with Crippen LogP contribution >= 0.6 is 0 Å². The lowest BCUT2D eigenvalue weighted by atomic mass is 9.87. The maximum Gasteiger partial charge on any atom is 0.272 e. The van der Waals surface area contributed by atoms with Gasteiger partial charge in [-0.05, 0) is 30.9 Å². The quantitative estimate of drug-likeness (QED) is 0.869. The molecule has 0 N–H and O–H groups in total. The van der Waals surface area contributed by atoms with E-state index < -0.39 is 0 Å². The van der Waals surface area contributed by atoms with Crippen molar-refractivity contribution in [2.24, 2.45) is 7.05 Å². The molecule has 4 nitrogen and oxygen atoms in total. The first-order chi connectivity index (χ1) is 10.7. The molecular weight excluding hydrogens is 274 g/mol. The van der Waals surface area contributed by atoms with Gasteiger partial charge in [-0.15, -0.1) is 0 Å². The minimum Gasteiger partial charge on any atom is -0.334 e. The predicted octanol–water partition coefficient (Wildman–Crippen LogP) is 3.22. The Balaban J connectivity index is 1.86. The van der Waals surface area contributed by atoms with Gasteiger partial charge in [0.1, 0.15) is 5.69 Å². The zero-order valence-corrected chi connectivity index (χ0v) is 13.3. The number of likely N-dealkylation sites (tertiary alicyclic amines) is 1. The first-order valence-corrected chi connectivity index (χ1v) is 8.06. The van der Waals surface area contributed by atoms with E-state index in [1.165, 1.54) is 5.56 Å². The maximum atomic E-state index is 12.9. The monoisotopic (exact) mass is 297 g/mol. The molecule has 2 atom stereocenters. The Labute approximate surface area is 131 Å². The molecule has 1 aromatic heterocycles. The van der Waals surface area contributed by atoms with E-state index in [0.29, 0.717) is 11.6 Å². The number of carbonyl (C=O) groups excluding carboxylic acids is 1. The molecule has 2 unspecified atom stereocenters. The number of aryl methyl sites for hydroxylation is 1. The Morgan fingerprint density at radius 2 is 2.09 bits per heavy atom. The number of benzene rings is 1. The van der Waals surface area contributed by atoms with Crippen molar-refractivity contribution < 1.29 is 4.79 Å². The van der Waals surface area contributed by atoms with Crippen molar-refractivity contribution >= 4 is 5.91 Å². The molecule has 1 aliphatic rings. The third-order valence-electron chi connectivity index (χ3n) is 4.73. The largest absolute Gasteiger partial charge is 0.334 e. The minimum atomic E-state index is 0.108. The number of nitrogens with zero attached hydrogens (tertiary/aromatic N) is 3. The number of hydrogen-bond acceptors (Lipinski definition) is 2. The second kappa shape index (κ2) is 6.34. The first kappa shape index (κ1) is 14.8. The summed E-state index contributed by atoms with van der Waals surface area (Å²) < 4.78 is 1.67. The summed E-state index contributed by atoms with van der Waals surface area (Å²) in [6, 6.07) is 12.7. The highest BCUT2D eigenvalue weighted by atomic mass is 16.2. The third-order valence-corrected chi connectivity index (χ3v) is 4.73. The highest BCUT2D eigenvalue weighted by Gasteiger charge is 2.35. The fourth-order valence-electron chi connectivity index (χ4n) is 3.62. The van der Waals surface area contributed by atoms with Crippen molar-refractivity contribution in [2.45, 2.75) is 38.1 Å². The SMILES string of the molecule is CCC(c1ccccc1)C1CCCN1C(=O)c1ccnn1C. The molecule has 0 aliphatic carbocycles. The molecule has 0 spiro atoms. The molecule has 1 saturated heterocycles. The van der Waals surface area contributed by atoms with E-state index in [1.54, 1.807) is 16.9 Å². The van der Waals surface area contributed by atoms with E-state index in [9.17, 15) is 4.79 Å². The van der Waals surface area contributed by atoms with E-state index in [1.807, 2.05) is 13.1 Å². The number of aromatic nitrogens is 2. The number of amides is 1. The van der Waals surface area contributed by atoms with E-state index in [4.69, 9.17) is 0 Å². The van der Waals surface area contributed by atoms with Gasteiger partial charge in [0.15, 0.2) is 0 Å². The van der Waals surface area contributed by atoms with Crippen molar-refractivity contribution in [3.05, 3.63) is 53.9 Å². The molecule has 3 rings (SSSR count). The molecule has 116 valence electrons. The summed E-state index contributed by atoms with van der Waals surface area (Å²) in [6.07, 6.45) is 4.89. The number of carbonyl (C=O) groups is 1. The van der Waals surface area contributed by atoms with Gasteiger partial charge in [0.25, 0.3) is 5.91 Å². The van der Waals surface area contributed by atoms with E-state index >= 15 is 0 Å². The number of hydrogen-bond donors (Lipinski definition) is 0. The molecule has 1 aliphatic heterocycles. The molecule has 1 fully saturated rings. The van der Waals surface area contributed by atoms with Crippen LogP contribution in [0, 0.1) is 0 Å². The fourth-order valence-corrected chi connectivity index (χ4v) is 3.62. The van der Waals surface area contributed by atoms with E-state index in [-0.39, 0.29) is 11.9 Å². The summed E-state index contributed by atoms with van der Waals surface area (Å²) in [5.41, 5.74) is 2.01. The Morgan fingerprint density at radius 3 is 2.73 bits per heavy atom. The summed E-state index contributed by atoms with van der Waals surface area (Å²) in [6.45, 7) is 3.06. The molecule has 0 radical (unpaired) electrons. The lowest BCUT2D eigenvalue weighted by molar-refractivity contribution is 0.0703. The maximum absolute atomic E-state index is 12.9. The van der Waals surface area contributed by atoms with Crippen LogP contribution in [0.5, 0.6) is 0 Å². The lowest BCUT2D eigenvalue weighted by Crippen LogP contribution is -2.40. The Bertz CT molecular complexity index is 635. The Kier molecular flexibility index (Phi) is 4.27. The summed E-state index contributed by atoms with van der Waals surface area (Å²) in [5, 5.41) is 4.13. The first-order valence-electron chi connectivity index (χ1n) is 8.06. The Hall–Kier alpha value is -2.10. The van der Waals surface area contributed by atoms with Crippen LogP contribution in [0.4, 0.5) is 0 Å². The summed E-state index contributed by atoms with van der Waals surface area (Å²) in [7, 11) is 1.83. The zero-order chi connectivity index (χ0) is 15.5. The van der Waals surface area contributed by atoms with Crippen LogP contribution in [0.25, 0.3) is 0 Å².